The van der Waals surface area contributed by atoms with E-state index in [0.717, 1.165) is 0 Å². The normalized spacial score (nSPS) is 12.4. The quantitative estimate of drug-likeness (QED) is 0.342. The zero-order valence-corrected chi connectivity index (χ0v) is 13.7. The molecule has 1 aromatic heterocycles. The number of carboxylic acid groups (broad SMARTS) is 1. The van der Waals surface area contributed by atoms with Gasteiger partial charge in [0.1, 0.15) is 11.8 Å². The minimum atomic E-state index is -1.31. The Labute approximate surface area is 143 Å². The minimum absolute atomic E-state index is 0.168. The molecule has 25 heavy (non-hydrogen) atoms. The van der Waals surface area contributed by atoms with Gasteiger partial charge in [0.05, 0.1) is 19.0 Å². The SMILES string of the molecule is COc1ccc([C@@H](OC)C(=O)N[C@@H](CCC(=O)C=[N+]=[N-])C(=O)O)nc1. The summed E-state index contributed by atoms with van der Waals surface area (Å²) < 4.78 is 10.1. The molecule has 2 atom stereocenters. The third-order valence-electron chi connectivity index (χ3n) is 3.23. The average Bonchev–Trinajstić information content (AvgIpc) is 2.59. The number of hydrogen-bond donors (Lipinski definition) is 2. The Morgan fingerprint density at radius 2 is 2.12 bits per heavy atom. The Morgan fingerprint density at radius 3 is 2.60 bits per heavy atom. The number of Topliss-reactive ketones (excluding diaryl/α,β-unsaturated/α-hetero) is 1. The van der Waals surface area contributed by atoms with Crippen molar-refractivity contribution in [3.05, 3.63) is 29.6 Å². The van der Waals surface area contributed by atoms with Gasteiger partial charge >= 0.3 is 12.2 Å². The third kappa shape index (κ3) is 6.13. The predicted molar refractivity (Wildman–Crippen MR) is 84.0 cm³/mol. The number of carbonyl (C=O) groups is 3. The van der Waals surface area contributed by atoms with Crippen LogP contribution < -0.4 is 10.1 Å². The van der Waals surface area contributed by atoms with Crippen molar-refractivity contribution >= 4 is 23.9 Å². The number of aromatic nitrogens is 1. The van der Waals surface area contributed by atoms with E-state index in [1.807, 2.05) is 0 Å². The van der Waals surface area contributed by atoms with Crippen molar-refractivity contribution < 1.29 is 33.8 Å². The van der Waals surface area contributed by atoms with E-state index in [4.69, 9.17) is 15.0 Å². The highest BCUT2D eigenvalue weighted by Gasteiger charge is 2.27. The zero-order valence-electron chi connectivity index (χ0n) is 13.7. The first-order chi connectivity index (χ1) is 11.9. The highest BCUT2D eigenvalue weighted by molar-refractivity contribution is 6.25. The van der Waals surface area contributed by atoms with Gasteiger partial charge in [-0.2, -0.15) is 4.79 Å². The molecule has 1 heterocycles. The van der Waals surface area contributed by atoms with Crippen molar-refractivity contribution in [1.82, 2.24) is 10.3 Å². The number of nitrogens with zero attached hydrogens (tertiary/aromatic N) is 3. The van der Waals surface area contributed by atoms with E-state index in [1.165, 1.54) is 26.5 Å². The molecular formula is C15H18N4O6. The first-order valence-electron chi connectivity index (χ1n) is 7.19. The van der Waals surface area contributed by atoms with E-state index in [-0.39, 0.29) is 18.5 Å². The van der Waals surface area contributed by atoms with Crippen molar-refractivity contribution in [3.8, 4) is 5.75 Å². The Kier molecular flexibility index (Phi) is 7.91. The van der Waals surface area contributed by atoms with Crippen LogP contribution in [-0.2, 0) is 19.1 Å². The van der Waals surface area contributed by atoms with Gasteiger partial charge in [-0.05, 0) is 18.6 Å². The number of amides is 1. The molecule has 0 aliphatic rings. The Bertz CT molecular complexity index is 669. The summed E-state index contributed by atoms with van der Waals surface area (Å²) in [5.74, 6) is -2.09. The molecule has 0 unspecified atom stereocenters. The maximum absolute atomic E-state index is 12.3. The molecule has 0 bridgehead atoms. The summed E-state index contributed by atoms with van der Waals surface area (Å²) in [7, 11) is 2.75. The van der Waals surface area contributed by atoms with Gasteiger partial charge in [0.2, 0.25) is 5.78 Å². The number of rotatable bonds is 10. The molecule has 0 aliphatic heterocycles. The molecule has 1 rings (SSSR count). The van der Waals surface area contributed by atoms with Gasteiger partial charge in [0.15, 0.2) is 6.10 Å². The van der Waals surface area contributed by atoms with Crippen LogP contribution in [0.5, 0.6) is 5.75 Å². The molecule has 1 amide bonds. The molecule has 0 aliphatic carbocycles. The fraction of sp³-hybridized carbons (Fsp3) is 0.400. The minimum Gasteiger partial charge on any atom is -0.495 e. The lowest BCUT2D eigenvalue weighted by molar-refractivity contribution is -0.144. The van der Waals surface area contributed by atoms with E-state index >= 15 is 0 Å². The van der Waals surface area contributed by atoms with Crippen LogP contribution in [0.1, 0.15) is 24.6 Å². The predicted octanol–water partition coefficient (Wildman–Crippen LogP) is -0.00300. The van der Waals surface area contributed by atoms with Crippen molar-refractivity contribution in [2.24, 2.45) is 0 Å². The third-order valence-corrected chi connectivity index (χ3v) is 3.23. The van der Waals surface area contributed by atoms with Crippen LogP contribution in [0.2, 0.25) is 0 Å². The first kappa shape index (κ1) is 19.9. The average molecular weight is 350 g/mol. The maximum atomic E-state index is 12.3. The molecule has 0 saturated heterocycles. The second-order valence-corrected chi connectivity index (χ2v) is 4.89. The van der Waals surface area contributed by atoms with Crippen LogP contribution in [0.25, 0.3) is 5.53 Å². The molecule has 0 spiro atoms. The lowest BCUT2D eigenvalue weighted by atomic mass is 10.1. The summed E-state index contributed by atoms with van der Waals surface area (Å²) in [4.78, 5) is 41.4. The highest BCUT2D eigenvalue weighted by atomic mass is 16.5. The number of methoxy groups -OCH3 is 2. The number of aliphatic carboxylic acids is 1. The van der Waals surface area contributed by atoms with Crippen molar-refractivity contribution in [3.63, 3.8) is 0 Å². The van der Waals surface area contributed by atoms with Crippen LogP contribution in [-0.4, -0.2) is 59.0 Å². The molecule has 10 nitrogen and oxygen atoms in total. The first-order valence-corrected chi connectivity index (χ1v) is 7.19. The molecule has 0 fully saturated rings. The summed E-state index contributed by atoms with van der Waals surface area (Å²) in [5.41, 5.74) is 8.53. The number of pyridine rings is 1. The van der Waals surface area contributed by atoms with Crippen LogP contribution in [0.3, 0.4) is 0 Å². The van der Waals surface area contributed by atoms with Gasteiger partial charge in [-0.3, -0.25) is 14.6 Å². The highest BCUT2D eigenvalue weighted by Crippen LogP contribution is 2.18. The fourth-order valence-corrected chi connectivity index (χ4v) is 1.95. The molecule has 0 aromatic carbocycles. The number of carbonyl (C=O) groups excluding carboxylic acids is 2. The molecule has 1 aromatic rings. The molecule has 134 valence electrons. The zero-order chi connectivity index (χ0) is 18.8. The molecule has 10 heteroatoms. The van der Waals surface area contributed by atoms with Crippen molar-refractivity contribution in [1.29, 1.82) is 0 Å². The summed E-state index contributed by atoms with van der Waals surface area (Å²) in [5, 5.41) is 11.5. The summed E-state index contributed by atoms with van der Waals surface area (Å²) in [6.07, 6.45) is 0.566. The number of ether oxygens (including phenoxy) is 2. The molecule has 0 saturated carbocycles. The van der Waals surface area contributed by atoms with Crippen LogP contribution >= 0.6 is 0 Å². The van der Waals surface area contributed by atoms with Gasteiger partial charge in [-0.15, -0.1) is 0 Å². The van der Waals surface area contributed by atoms with E-state index in [9.17, 15) is 19.5 Å². The molecular weight excluding hydrogens is 332 g/mol. The largest absolute Gasteiger partial charge is 0.495 e. The number of ketones is 1. The van der Waals surface area contributed by atoms with E-state index in [1.54, 1.807) is 6.07 Å². The number of hydrogen-bond acceptors (Lipinski definition) is 6. The summed E-state index contributed by atoms with van der Waals surface area (Å²) in [6.45, 7) is 0. The van der Waals surface area contributed by atoms with Crippen LogP contribution in [0, 0.1) is 0 Å². The Hall–Kier alpha value is -3.10. The fourth-order valence-electron chi connectivity index (χ4n) is 1.95. The van der Waals surface area contributed by atoms with Crippen molar-refractivity contribution in [2.45, 2.75) is 25.0 Å². The van der Waals surface area contributed by atoms with Gasteiger partial charge in [-0.25, -0.2) is 4.79 Å². The topological polar surface area (TPSA) is 151 Å². The smallest absolute Gasteiger partial charge is 0.326 e. The van der Waals surface area contributed by atoms with Crippen molar-refractivity contribution in [2.75, 3.05) is 14.2 Å². The summed E-state index contributed by atoms with van der Waals surface area (Å²) in [6, 6.07) is 1.80. The van der Waals surface area contributed by atoms with Gasteiger partial charge in [0.25, 0.3) is 5.91 Å². The molecule has 0 radical (unpaired) electrons. The number of nitrogens with one attached hydrogen (secondary N) is 1. The van der Waals surface area contributed by atoms with Gasteiger partial charge in [-0.1, -0.05) is 0 Å². The van der Waals surface area contributed by atoms with E-state index < -0.39 is 29.8 Å². The second-order valence-electron chi connectivity index (χ2n) is 4.89. The summed E-state index contributed by atoms with van der Waals surface area (Å²) >= 11 is 0. The van der Waals surface area contributed by atoms with Gasteiger partial charge < -0.3 is 25.4 Å². The lowest BCUT2D eigenvalue weighted by Crippen LogP contribution is -2.43. The lowest BCUT2D eigenvalue weighted by Gasteiger charge is -2.19. The standard InChI is InChI=1S/C15H18N4O6/c1-24-10-4-6-11(17-8-10)13(25-2)14(21)19-12(15(22)23)5-3-9(20)7-18-16/h4,6-8,12-13H,3,5H2,1-2H3,(H,19,21)(H,22,23)/t12-,13+/m0/s1. The maximum Gasteiger partial charge on any atom is 0.326 e. The second kappa shape index (κ2) is 9.91. The Balaban J connectivity index is 2.80. The van der Waals surface area contributed by atoms with Crippen LogP contribution in [0.15, 0.2) is 18.3 Å². The van der Waals surface area contributed by atoms with E-state index in [2.05, 4.69) is 15.1 Å². The monoisotopic (exact) mass is 350 g/mol. The molecule has 2 N–H and O–H groups in total. The number of carboxylic acids is 1. The van der Waals surface area contributed by atoms with Crippen LogP contribution in [0.4, 0.5) is 0 Å². The van der Waals surface area contributed by atoms with Gasteiger partial charge in [0, 0.05) is 13.5 Å². The Morgan fingerprint density at radius 1 is 1.40 bits per heavy atom. The van der Waals surface area contributed by atoms with E-state index in [0.29, 0.717) is 12.0 Å².